The Morgan fingerprint density at radius 2 is 1.68 bits per heavy atom. The fourth-order valence-electron chi connectivity index (χ4n) is 5.93. The number of fused-ring (bicyclic) bond motifs is 1. The molecule has 2 N–H and O–H groups in total. The summed E-state index contributed by atoms with van der Waals surface area (Å²) in [7, 11) is 0. The first-order valence-electron chi connectivity index (χ1n) is 13.5. The monoisotopic (exact) mass is 549 g/mol. The third-order valence-electron chi connectivity index (χ3n) is 8.13. The number of hydrogen-bond donors (Lipinski definition) is 1. The summed E-state index contributed by atoms with van der Waals surface area (Å²) < 4.78 is 42.2. The van der Waals surface area contributed by atoms with Crippen LogP contribution >= 0.6 is 0 Å². The lowest BCUT2D eigenvalue weighted by atomic mass is 9.74. The molecule has 0 atom stereocenters. The number of anilines is 1. The highest BCUT2D eigenvalue weighted by Gasteiger charge is 2.48. The third kappa shape index (κ3) is 4.78. The minimum absolute atomic E-state index is 0.0758. The first kappa shape index (κ1) is 26.2. The smallest absolute Gasteiger partial charge is 0.383 e. The van der Waals surface area contributed by atoms with Crippen molar-refractivity contribution < 1.29 is 18.0 Å². The SMILES string of the molecule is Nc1ncc(-c2ccc3ncc(C4(C(=O)N5CCCC5)CCN(Cc5ccccc5)CC4)n3n2)cc1C(F)(F)F. The zero-order valence-corrected chi connectivity index (χ0v) is 21.9. The number of imidazole rings is 1. The number of alkyl halides is 3. The lowest BCUT2D eigenvalue weighted by molar-refractivity contribution is -0.139. The normalized spacial score (nSPS) is 17.9. The van der Waals surface area contributed by atoms with Gasteiger partial charge in [0.2, 0.25) is 5.91 Å². The Hall–Kier alpha value is -3.99. The molecule has 11 heteroatoms. The van der Waals surface area contributed by atoms with Crippen molar-refractivity contribution in [3.05, 3.63) is 77.7 Å². The number of nitrogens with zero attached hydrogens (tertiary/aromatic N) is 6. The van der Waals surface area contributed by atoms with Crippen molar-refractivity contribution in [3.8, 4) is 11.3 Å². The molecule has 2 saturated heterocycles. The first-order valence-corrected chi connectivity index (χ1v) is 13.5. The van der Waals surface area contributed by atoms with Crippen LogP contribution in [0.5, 0.6) is 0 Å². The van der Waals surface area contributed by atoms with Crippen LogP contribution in [0.2, 0.25) is 0 Å². The highest BCUT2D eigenvalue weighted by Crippen LogP contribution is 2.39. The molecular weight excluding hydrogens is 519 g/mol. The predicted octanol–water partition coefficient (Wildman–Crippen LogP) is 4.55. The summed E-state index contributed by atoms with van der Waals surface area (Å²) in [6.45, 7) is 3.69. The van der Waals surface area contributed by atoms with Gasteiger partial charge in [-0.15, -0.1) is 0 Å². The van der Waals surface area contributed by atoms with E-state index in [9.17, 15) is 18.0 Å². The van der Waals surface area contributed by atoms with E-state index in [1.807, 2.05) is 23.1 Å². The molecule has 2 aliphatic heterocycles. The van der Waals surface area contributed by atoms with Crippen molar-refractivity contribution in [3.63, 3.8) is 0 Å². The van der Waals surface area contributed by atoms with Crippen LogP contribution in [0.3, 0.4) is 0 Å². The van der Waals surface area contributed by atoms with E-state index < -0.39 is 23.0 Å². The van der Waals surface area contributed by atoms with Gasteiger partial charge in [-0.25, -0.2) is 14.5 Å². The number of pyridine rings is 1. The molecule has 0 aliphatic carbocycles. The van der Waals surface area contributed by atoms with Gasteiger partial charge in [0.25, 0.3) is 0 Å². The molecule has 6 rings (SSSR count). The van der Waals surface area contributed by atoms with E-state index in [0.29, 0.717) is 24.2 Å². The fraction of sp³-hybridized carbons (Fsp3) is 0.379. The van der Waals surface area contributed by atoms with Gasteiger partial charge in [-0.2, -0.15) is 18.3 Å². The quantitative estimate of drug-likeness (QED) is 0.393. The van der Waals surface area contributed by atoms with Crippen molar-refractivity contribution in [2.75, 3.05) is 31.9 Å². The number of halogens is 3. The maximum Gasteiger partial charge on any atom is 0.419 e. The van der Waals surface area contributed by atoms with Crippen molar-refractivity contribution in [2.24, 2.45) is 0 Å². The Labute approximate surface area is 229 Å². The second-order valence-corrected chi connectivity index (χ2v) is 10.6. The summed E-state index contributed by atoms with van der Waals surface area (Å²) in [4.78, 5) is 26.8. The van der Waals surface area contributed by atoms with Gasteiger partial charge in [0.15, 0.2) is 5.65 Å². The Balaban J connectivity index is 1.38. The van der Waals surface area contributed by atoms with Gasteiger partial charge in [-0.3, -0.25) is 9.69 Å². The topological polar surface area (TPSA) is 92.6 Å². The Morgan fingerprint density at radius 1 is 0.950 bits per heavy atom. The Morgan fingerprint density at radius 3 is 2.38 bits per heavy atom. The number of likely N-dealkylation sites (tertiary alicyclic amines) is 2. The molecule has 2 aliphatic rings. The van der Waals surface area contributed by atoms with E-state index in [1.54, 1.807) is 22.8 Å². The van der Waals surface area contributed by atoms with Gasteiger partial charge < -0.3 is 10.6 Å². The molecule has 0 spiro atoms. The van der Waals surface area contributed by atoms with Crippen LogP contribution in [0.4, 0.5) is 19.0 Å². The summed E-state index contributed by atoms with van der Waals surface area (Å²) in [6.07, 6.45) is 1.48. The number of carbonyl (C=O) groups is 1. The molecule has 4 aromatic rings. The van der Waals surface area contributed by atoms with Gasteiger partial charge in [-0.1, -0.05) is 30.3 Å². The zero-order chi connectivity index (χ0) is 27.9. The second-order valence-electron chi connectivity index (χ2n) is 10.6. The number of rotatable bonds is 5. The van der Waals surface area contributed by atoms with E-state index in [2.05, 4.69) is 27.0 Å². The number of piperidine rings is 1. The minimum Gasteiger partial charge on any atom is -0.383 e. The van der Waals surface area contributed by atoms with Gasteiger partial charge in [0, 0.05) is 31.4 Å². The predicted molar refractivity (Wildman–Crippen MR) is 144 cm³/mol. The van der Waals surface area contributed by atoms with Crippen LogP contribution in [0.1, 0.15) is 42.5 Å². The van der Waals surface area contributed by atoms with Crippen molar-refractivity contribution in [1.82, 2.24) is 29.4 Å². The minimum atomic E-state index is -4.64. The van der Waals surface area contributed by atoms with E-state index in [0.717, 1.165) is 51.6 Å². The van der Waals surface area contributed by atoms with E-state index in [4.69, 9.17) is 10.8 Å². The molecule has 0 radical (unpaired) electrons. The maximum absolute atomic E-state index is 14.2. The van der Waals surface area contributed by atoms with E-state index >= 15 is 0 Å². The number of nitrogen functional groups attached to an aromatic ring is 1. The van der Waals surface area contributed by atoms with Crippen molar-refractivity contribution in [2.45, 2.75) is 43.8 Å². The van der Waals surface area contributed by atoms with Crippen molar-refractivity contribution in [1.29, 1.82) is 0 Å². The molecule has 0 unspecified atom stereocenters. The molecular formula is C29H30F3N7O. The summed E-state index contributed by atoms with van der Waals surface area (Å²) in [5.41, 5.74) is 6.54. The highest BCUT2D eigenvalue weighted by molar-refractivity contribution is 5.88. The Kier molecular flexibility index (Phi) is 6.69. The van der Waals surface area contributed by atoms with Gasteiger partial charge >= 0.3 is 6.18 Å². The molecule has 40 heavy (non-hydrogen) atoms. The number of benzene rings is 1. The van der Waals surface area contributed by atoms with E-state index in [1.165, 1.54) is 11.8 Å². The average Bonchev–Trinajstić information content (AvgIpc) is 3.64. The molecule has 5 heterocycles. The summed E-state index contributed by atoms with van der Waals surface area (Å²) in [5, 5.41) is 4.70. The summed E-state index contributed by atoms with van der Waals surface area (Å²) >= 11 is 0. The van der Waals surface area contributed by atoms with Gasteiger partial charge in [-0.05, 0) is 62.5 Å². The van der Waals surface area contributed by atoms with E-state index in [-0.39, 0.29) is 17.2 Å². The fourth-order valence-corrected chi connectivity index (χ4v) is 5.93. The highest BCUT2D eigenvalue weighted by atomic mass is 19.4. The summed E-state index contributed by atoms with van der Waals surface area (Å²) in [6, 6.07) is 14.5. The molecule has 0 bridgehead atoms. The number of aromatic nitrogens is 4. The largest absolute Gasteiger partial charge is 0.419 e. The molecule has 1 aromatic carbocycles. The first-order chi connectivity index (χ1) is 19.2. The molecule has 0 saturated carbocycles. The van der Waals surface area contributed by atoms with Crippen LogP contribution in [0.15, 0.2) is 60.9 Å². The standard InChI is InChI=1S/C29H30F3N7O/c30-29(31,32)22-16-21(17-35-26(22)33)23-8-9-25-34-18-24(39(25)36-23)28(27(40)38-12-4-5-13-38)10-14-37(15-11-28)19-20-6-2-1-3-7-20/h1-3,6-9,16-18H,4-5,10-15,19H2,(H2,33,35). The van der Waals surface area contributed by atoms with Crippen LogP contribution in [0, 0.1) is 0 Å². The number of carbonyl (C=O) groups excluding carboxylic acids is 1. The number of nitrogens with two attached hydrogens (primary N) is 1. The third-order valence-corrected chi connectivity index (χ3v) is 8.13. The number of amides is 1. The maximum atomic E-state index is 14.2. The van der Waals surface area contributed by atoms with Crippen LogP contribution in [-0.2, 0) is 22.9 Å². The van der Waals surface area contributed by atoms with Crippen LogP contribution in [0.25, 0.3) is 16.9 Å². The molecule has 3 aromatic heterocycles. The average molecular weight is 550 g/mol. The van der Waals surface area contributed by atoms with Gasteiger partial charge in [0.1, 0.15) is 5.82 Å². The molecule has 2 fully saturated rings. The molecule has 1 amide bonds. The van der Waals surface area contributed by atoms with Crippen LogP contribution < -0.4 is 5.73 Å². The lowest BCUT2D eigenvalue weighted by Gasteiger charge is -2.42. The zero-order valence-electron chi connectivity index (χ0n) is 21.9. The molecule has 8 nitrogen and oxygen atoms in total. The molecule has 208 valence electrons. The summed E-state index contributed by atoms with van der Waals surface area (Å²) in [5.74, 6) is -0.509. The van der Waals surface area contributed by atoms with Gasteiger partial charge in [0.05, 0.1) is 28.6 Å². The second kappa shape index (κ2) is 10.2. The Bertz CT molecular complexity index is 1520. The number of hydrogen-bond acceptors (Lipinski definition) is 6. The van der Waals surface area contributed by atoms with Crippen molar-refractivity contribution >= 4 is 17.4 Å². The van der Waals surface area contributed by atoms with Crippen LogP contribution in [-0.4, -0.2) is 61.5 Å². The lowest BCUT2D eigenvalue weighted by Crippen LogP contribution is -2.52.